The van der Waals surface area contributed by atoms with Gasteiger partial charge in [-0.25, -0.2) is 14.4 Å². The van der Waals surface area contributed by atoms with Crippen molar-refractivity contribution in [3.05, 3.63) is 46.7 Å². The number of hydrogen-bond donors (Lipinski definition) is 2. The smallest absolute Gasteiger partial charge is 0.163 e. The molecular weight excluding hydrogens is 451 g/mol. The highest BCUT2D eigenvalue weighted by atomic mass is 19.1. The number of likely N-dealkylation sites (N-methyl/N-ethyl adjacent to an activating group) is 1. The highest BCUT2D eigenvalue weighted by Crippen LogP contribution is 2.34. The van der Waals surface area contributed by atoms with Crippen molar-refractivity contribution in [2.45, 2.75) is 46.1 Å². The average molecular weight is 485 g/mol. The molecule has 0 amide bonds. The standard InChI is InChI=1S/C26H33FN4O4/c1-15-23(11-18-7-9-33-10-8-18)29-26(30-25(15)24-16(2)31-35-17(24)3)21-12-20(5-6-22(21)27)34-14-19(32)13-28-4/h5-6,12,18-19,28,32H,7-11,13-14H2,1-4H3/t19-/m0/s1. The molecule has 9 heteroatoms. The zero-order chi connectivity index (χ0) is 24.9. The largest absolute Gasteiger partial charge is 0.491 e. The van der Waals surface area contributed by atoms with Gasteiger partial charge in [-0.3, -0.25) is 0 Å². The molecule has 3 aromatic rings. The summed E-state index contributed by atoms with van der Waals surface area (Å²) in [5.41, 5.74) is 4.30. The number of nitrogens with zero attached hydrogens (tertiary/aromatic N) is 3. The van der Waals surface area contributed by atoms with Crippen molar-refractivity contribution in [3.8, 4) is 28.4 Å². The number of aliphatic hydroxyl groups excluding tert-OH is 1. The molecule has 2 aromatic heterocycles. The van der Waals surface area contributed by atoms with E-state index in [1.165, 1.54) is 12.1 Å². The fraction of sp³-hybridized carbons (Fsp3) is 0.500. The van der Waals surface area contributed by atoms with Gasteiger partial charge in [0, 0.05) is 25.5 Å². The van der Waals surface area contributed by atoms with E-state index < -0.39 is 11.9 Å². The van der Waals surface area contributed by atoms with E-state index in [4.69, 9.17) is 24.0 Å². The van der Waals surface area contributed by atoms with Gasteiger partial charge in [0.15, 0.2) is 5.82 Å². The highest BCUT2D eigenvalue weighted by molar-refractivity contribution is 5.71. The third-order valence-electron chi connectivity index (χ3n) is 6.40. The molecule has 0 spiro atoms. The predicted molar refractivity (Wildman–Crippen MR) is 130 cm³/mol. The lowest BCUT2D eigenvalue weighted by Gasteiger charge is -2.23. The summed E-state index contributed by atoms with van der Waals surface area (Å²) in [6, 6.07) is 4.46. The maximum atomic E-state index is 15.1. The summed E-state index contributed by atoms with van der Waals surface area (Å²) >= 11 is 0. The quantitative estimate of drug-likeness (QED) is 0.473. The molecule has 188 valence electrons. The molecule has 1 saturated heterocycles. The van der Waals surface area contributed by atoms with Crippen LogP contribution in [0.1, 0.15) is 35.6 Å². The van der Waals surface area contributed by atoms with Crippen LogP contribution in [0.25, 0.3) is 22.6 Å². The highest BCUT2D eigenvalue weighted by Gasteiger charge is 2.24. The summed E-state index contributed by atoms with van der Waals surface area (Å²) in [6.45, 7) is 7.68. The minimum atomic E-state index is -0.679. The molecule has 2 N–H and O–H groups in total. The number of halogens is 1. The van der Waals surface area contributed by atoms with Crippen molar-refractivity contribution < 1.29 is 23.5 Å². The van der Waals surface area contributed by atoms with Gasteiger partial charge in [0.2, 0.25) is 0 Å². The zero-order valence-electron chi connectivity index (χ0n) is 20.7. The lowest BCUT2D eigenvalue weighted by Crippen LogP contribution is -2.29. The molecule has 3 heterocycles. The first-order valence-electron chi connectivity index (χ1n) is 12.0. The van der Waals surface area contributed by atoms with Gasteiger partial charge < -0.3 is 24.4 Å². The first kappa shape index (κ1) is 25.2. The summed E-state index contributed by atoms with van der Waals surface area (Å²) in [4.78, 5) is 9.63. The second-order valence-electron chi connectivity index (χ2n) is 9.09. The van der Waals surface area contributed by atoms with E-state index in [0.717, 1.165) is 55.0 Å². The van der Waals surface area contributed by atoms with Crippen molar-refractivity contribution in [3.63, 3.8) is 0 Å². The Labute approximate surface area is 204 Å². The van der Waals surface area contributed by atoms with Gasteiger partial charge in [-0.15, -0.1) is 0 Å². The molecule has 1 aliphatic heterocycles. The van der Waals surface area contributed by atoms with Gasteiger partial charge in [0.05, 0.1) is 22.5 Å². The van der Waals surface area contributed by atoms with Crippen LogP contribution in [0.4, 0.5) is 4.39 Å². The average Bonchev–Trinajstić information content (AvgIpc) is 3.18. The van der Waals surface area contributed by atoms with Crippen molar-refractivity contribution >= 4 is 0 Å². The van der Waals surface area contributed by atoms with E-state index in [-0.39, 0.29) is 18.0 Å². The van der Waals surface area contributed by atoms with Crippen LogP contribution in [0, 0.1) is 32.5 Å². The molecule has 0 saturated carbocycles. The van der Waals surface area contributed by atoms with Crippen LogP contribution >= 0.6 is 0 Å². The number of benzene rings is 1. The molecule has 1 atom stereocenters. The Morgan fingerprint density at radius 2 is 1.97 bits per heavy atom. The Kier molecular flexibility index (Phi) is 8.10. The van der Waals surface area contributed by atoms with E-state index in [9.17, 15) is 5.11 Å². The molecule has 4 rings (SSSR count). The Hall–Kier alpha value is -2.88. The van der Waals surface area contributed by atoms with Crippen LogP contribution in [0.5, 0.6) is 5.75 Å². The fourth-order valence-electron chi connectivity index (χ4n) is 4.42. The molecule has 1 fully saturated rings. The number of nitrogens with one attached hydrogen (secondary N) is 1. The van der Waals surface area contributed by atoms with Crippen LogP contribution < -0.4 is 10.1 Å². The van der Waals surface area contributed by atoms with E-state index in [1.54, 1.807) is 13.1 Å². The molecule has 1 aromatic carbocycles. The molecule has 8 nitrogen and oxygen atoms in total. The Morgan fingerprint density at radius 1 is 1.20 bits per heavy atom. The zero-order valence-corrected chi connectivity index (χ0v) is 20.7. The van der Waals surface area contributed by atoms with E-state index >= 15 is 4.39 Å². The molecule has 0 radical (unpaired) electrons. The van der Waals surface area contributed by atoms with Gasteiger partial charge in [-0.1, -0.05) is 5.16 Å². The summed E-state index contributed by atoms with van der Waals surface area (Å²) in [5, 5.41) is 16.9. The van der Waals surface area contributed by atoms with Gasteiger partial charge in [0.1, 0.15) is 30.0 Å². The third-order valence-corrected chi connectivity index (χ3v) is 6.40. The summed E-state index contributed by atoms with van der Waals surface area (Å²) in [7, 11) is 1.75. The number of ether oxygens (including phenoxy) is 2. The second-order valence-corrected chi connectivity index (χ2v) is 9.09. The normalized spacial score (nSPS) is 15.4. The number of aliphatic hydroxyl groups is 1. The SMILES string of the molecule is CNC[C@H](O)COc1ccc(F)c(-c2nc(CC3CCOCC3)c(C)c(-c3c(C)noc3C)n2)c1. The Balaban J connectivity index is 1.76. The first-order valence-corrected chi connectivity index (χ1v) is 12.0. The van der Waals surface area contributed by atoms with Crippen LogP contribution in [-0.4, -0.2) is 59.7 Å². The van der Waals surface area contributed by atoms with Gasteiger partial charge in [-0.2, -0.15) is 0 Å². The number of rotatable bonds is 9. The number of aromatic nitrogens is 3. The summed E-state index contributed by atoms with van der Waals surface area (Å²) in [6.07, 6.45) is 2.01. The van der Waals surface area contributed by atoms with E-state index in [2.05, 4.69) is 10.5 Å². The maximum absolute atomic E-state index is 15.1. The Morgan fingerprint density at radius 3 is 2.66 bits per heavy atom. The van der Waals surface area contributed by atoms with Crippen molar-refractivity contribution in [1.29, 1.82) is 0 Å². The lowest BCUT2D eigenvalue weighted by molar-refractivity contribution is 0.0662. The van der Waals surface area contributed by atoms with Crippen LogP contribution in [-0.2, 0) is 11.2 Å². The van der Waals surface area contributed by atoms with Crippen molar-refractivity contribution in [2.24, 2.45) is 5.92 Å². The van der Waals surface area contributed by atoms with Gasteiger partial charge >= 0.3 is 0 Å². The van der Waals surface area contributed by atoms with E-state index in [0.29, 0.717) is 29.7 Å². The molecule has 1 aliphatic rings. The number of hydrogen-bond acceptors (Lipinski definition) is 8. The van der Waals surface area contributed by atoms with Crippen LogP contribution in [0.2, 0.25) is 0 Å². The van der Waals surface area contributed by atoms with Gasteiger partial charge in [-0.05, 0) is 76.8 Å². The molecule has 0 bridgehead atoms. The Bertz CT molecular complexity index is 1140. The fourth-order valence-corrected chi connectivity index (χ4v) is 4.42. The minimum absolute atomic E-state index is 0.0833. The minimum Gasteiger partial charge on any atom is -0.491 e. The lowest BCUT2D eigenvalue weighted by atomic mass is 9.92. The van der Waals surface area contributed by atoms with Crippen LogP contribution in [0.3, 0.4) is 0 Å². The molecule has 0 unspecified atom stereocenters. The monoisotopic (exact) mass is 484 g/mol. The van der Waals surface area contributed by atoms with Gasteiger partial charge in [0.25, 0.3) is 0 Å². The van der Waals surface area contributed by atoms with Crippen molar-refractivity contribution in [2.75, 3.05) is 33.4 Å². The third kappa shape index (κ3) is 5.86. The van der Waals surface area contributed by atoms with Crippen molar-refractivity contribution in [1.82, 2.24) is 20.4 Å². The molecule has 35 heavy (non-hydrogen) atoms. The molecule has 0 aliphatic carbocycles. The predicted octanol–water partition coefficient (Wildman–Crippen LogP) is 3.79. The molecular formula is C26H33FN4O4. The topological polar surface area (TPSA) is 103 Å². The summed E-state index contributed by atoms with van der Waals surface area (Å²) in [5.74, 6) is 1.37. The van der Waals surface area contributed by atoms with Crippen LogP contribution in [0.15, 0.2) is 22.7 Å². The second kappa shape index (κ2) is 11.2. The van der Waals surface area contributed by atoms with E-state index in [1.807, 2.05) is 20.8 Å². The number of aryl methyl sites for hydroxylation is 2. The summed E-state index contributed by atoms with van der Waals surface area (Å²) < 4.78 is 31.7. The maximum Gasteiger partial charge on any atom is 0.163 e. The first-order chi connectivity index (χ1) is 16.9.